The summed E-state index contributed by atoms with van der Waals surface area (Å²) in [7, 11) is 3.10. The highest BCUT2D eigenvalue weighted by Gasteiger charge is 2.18. The minimum Gasteiger partial charge on any atom is -0.258 e. The van der Waals surface area contributed by atoms with Crippen molar-refractivity contribution < 1.29 is 4.92 Å². The number of aryl methyl sites for hydroxylation is 1. The maximum atomic E-state index is 10.9. The Bertz CT molecular complexity index is 355. The van der Waals surface area contributed by atoms with Gasteiger partial charge in [0.2, 0.25) is 0 Å². The molecule has 0 heterocycles. The second-order valence-electron chi connectivity index (χ2n) is 2.86. The zero-order valence-corrected chi connectivity index (χ0v) is 10.4. The lowest BCUT2D eigenvalue weighted by molar-refractivity contribution is -0.388. The molecule has 1 rings (SSSR count). The first-order valence-electron chi connectivity index (χ1n) is 4.76. The Hall–Kier alpha value is -0.680. The number of nitrogens with zero attached hydrogens (tertiary/aromatic N) is 1. The van der Waals surface area contributed by atoms with Gasteiger partial charge in [-0.1, -0.05) is 47.6 Å². The van der Waals surface area contributed by atoms with E-state index in [9.17, 15) is 10.1 Å². The number of hydrogen-bond donors (Lipinski definition) is 0. The molecule has 82 valence electrons. The van der Waals surface area contributed by atoms with Gasteiger partial charge in [-0.25, -0.2) is 0 Å². The van der Waals surface area contributed by atoms with Gasteiger partial charge in [0, 0.05) is 11.3 Å². The summed E-state index contributed by atoms with van der Waals surface area (Å²) in [5.74, 6) is 0.943. The van der Waals surface area contributed by atoms with Crippen LogP contribution in [0, 0.1) is 10.1 Å². The molecule has 0 aliphatic carbocycles. The number of hydrogen-bond acceptors (Lipinski definition) is 4. The molecular formula is C10H13NO2S2. The third kappa shape index (κ3) is 3.14. The average molecular weight is 243 g/mol. The summed E-state index contributed by atoms with van der Waals surface area (Å²) < 4.78 is 0. The maximum absolute atomic E-state index is 10.9. The smallest absolute Gasteiger partial charge is 0.258 e. The average Bonchev–Trinajstić information content (AvgIpc) is 2.25. The van der Waals surface area contributed by atoms with Crippen LogP contribution in [-0.4, -0.2) is 10.7 Å². The van der Waals surface area contributed by atoms with E-state index in [4.69, 9.17) is 0 Å². The van der Waals surface area contributed by atoms with Gasteiger partial charge in [-0.05, 0) is 12.5 Å². The van der Waals surface area contributed by atoms with E-state index in [0.29, 0.717) is 6.42 Å². The van der Waals surface area contributed by atoms with Gasteiger partial charge in [0.1, 0.15) is 0 Å². The van der Waals surface area contributed by atoms with Crippen molar-refractivity contribution in [1.29, 1.82) is 0 Å². The van der Waals surface area contributed by atoms with Crippen LogP contribution in [0.2, 0.25) is 0 Å². The normalized spacial score (nSPS) is 10.3. The standard InChI is InChI=1S/C10H13NO2S2/c1-3-8-6-5-7-9(15-14-4-2)10(8)11(12)13/h5-7H,3-4H2,1-2H3. The Morgan fingerprint density at radius 2 is 2.13 bits per heavy atom. The lowest BCUT2D eigenvalue weighted by Crippen LogP contribution is -1.95. The lowest BCUT2D eigenvalue weighted by atomic mass is 10.1. The minimum absolute atomic E-state index is 0.269. The number of benzene rings is 1. The molecule has 0 atom stereocenters. The van der Waals surface area contributed by atoms with Crippen molar-refractivity contribution in [2.75, 3.05) is 5.75 Å². The Balaban J connectivity index is 3.07. The van der Waals surface area contributed by atoms with E-state index in [1.54, 1.807) is 10.8 Å². The summed E-state index contributed by atoms with van der Waals surface area (Å²) >= 11 is 0. The van der Waals surface area contributed by atoms with Crippen molar-refractivity contribution in [2.24, 2.45) is 0 Å². The van der Waals surface area contributed by atoms with Crippen LogP contribution in [0.15, 0.2) is 23.1 Å². The topological polar surface area (TPSA) is 43.1 Å². The van der Waals surface area contributed by atoms with E-state index in [0.717, 1.165) is 16.2 Å². The van der Waals surface area contributed by atoms with Crippen molar-refractivity contribution in [3.05, 3.63) is 33.9 Å². The van der Waals surface area contributed by atoms with E-state index >= 15 is 0 Å². The fourth-order valence-corrected chi connectivity index (χ4v) is 3.05. The molecule has 0 aliphatic heterocycles. The van der Waals surface area contributed by atoms with E-state index in [1.807, 2.05) is 32.0 Å². The second-order valence-corrected chi connectivity index (χ2v) is 5.49. The largest absolute Gasteiger partial charge is 0.286 e. The number of nitro benzene ring substituents is 1. The molecule has 0 saturated heterocycles. The van der Waals surface area contributed by atoms with Gasteiger partial charge in [0.05, 0.1) is 9.82 Å². The number of nitro groups is 1. The maximum Gasteiger partial charge on any atom is 0.286 e. The summed E-state index contributed by atoms with van der Waals surface area (Å²) in [4.78, 5) is 11.4. The van der Waals surface area contributed by atoms with Crippen molar-refractivity contribution in [3.63, 3.8) is 0 Å². The van der Waals surface area contributed by atoms with Crippen molar-refractivity contribution >= 4 is 27.3 Å². The molecular weight excluding hydrogens is 230 g/mol. The van der Waals surface area contributed by atoms with Crippen molar-refractivity contribution in [1.82, 2.24) is 0 Å². The van der Waals surface area contributed by atoms with Crippen LogP contribution in [0.1, 0.15) is 19.4 Å². The molecule has 0 aliphatic rings. The number of rotatable bonds is 5. The molecule has 0 unspecified atom stereocenters. The molecule has 0 fully saturated rings. The third-order valence-electron chi connectivity index (χ3n) is 1.91. The minimum atomic E-state index is -0.280. The van der Waals surface area contributed by atoms with Gasteiger partial charge in [-0.3, -0.25) is 10.1 Å². The Morgan fingerprint density at radius 1 is 1.40 bits per heavy atom. The van der Waals surface area contributed by atoms with Crippen LogP contribution in [0.4, 0.5) is 5.69 Å². The fraction of sp³-hybridized carbons (Fsp3) is 0.400. The van der Waals surface area contributed by atoms with Crippen LogP contribution < -0.4 is 0 Å². The van der Waals surface area contributed by atoms with Gasteiger partial charge >= 0.3 is 0 Å². The predicted molar refractivity (Wildman–Crippen MR) is 66.5 cm³/mol. The lowest BCUT2D eigenvalue weighted by Gasteiger charge is -2.04. The van der Waals surface area contributed by atoms with E-state index < -0.39 is 0 Å². The Labute approximate surface area is 97.2 Å². The van der Waals surface area contributed by atoms with Crippen molar-refractivity contribution in [2.45, 2.75) is 25.2 Å². The van der Waals surface area contributed by atoms with Crippen LogP contribution in [0.3, 0.4) is 0 Å². The summed E-state index contributed by atoms with van der Waals surface area (Å²) in [6, 6.07) is 5.51. The van der Waals surface area contributed by atoms with E-state index in [1.165, 1.54) is 10.8 Å². The monoisotopic (exact) mass is 243 g/mol. The molecule has 0 amide bonds. The summed E-state index contributed by atoms with van der Waals surface area (Å²) in [5, 5.41) is 10.9. The van der Waals surface area contributed by atoms with Gasteiger partial charge in [0.15, 0.2) is 0 Å². The molecule has 0 N–H and O–H groups in total. The molecule has 5 heteroatoms. The molecule has 3 nitrogen and oxygen atoms in total. The Kier molecular flexibility index (Phi) is 4.98. The molecule has 0 spiro atoms. The molecule has 1 aromatic carbocycles. The first-order valence-corrected chi connectivity index (χ1v) is 7.08. The first-order chi connectivity index (χ1) is 7.20. The predicted octanol–water partition coefficient (Wildman–Crippen LogP) is 3.92. The van der Waals surface area contributed by atoms with Gasteiger partial charge < -0.3 is 0 Å². The molecule has 0 radical (unpaired) electrons. The molecule has 0 bridgehead atoms. The number of para-hydroxylation sites is 1. The van der Waals surface area contributed by atoms with E-state index in [2.05, 4.69) is 0 Å². The van der Waals surface area contributed by atoms with Crippen LogP contribution >= 0.6 is 21.6 Å². The summed E-state index contributed by atoms with van der Waals surface area (Å²) in [5.41, 5.74) is 1.08. The van der Waals surface area contributed by atoms with Gasteiger partial charge in [0.25, 0.3) is 5.69 Å². The zero-order chi connectivity index (χ0) is 11.3. The highest BCUT2D eigenvalue weighted by Crippen LogP contribution is 2.38. The molecule has 0 aromatic heterocycles. The van der Waals surface area contributed by atoms with Crippen LogP contribution in [-0.2, 0) is 6.42 Å². The third-order valence-corrected chi connectivity index (χ3v) is 4.37. The molecule has 0 saturated carbocycles. The second kappa shape index (κ2) is 6.02. The Morgan fingerprint density at radius 3 is 2.67 bits per heavy atom. The first kappa shape index (κ1) is 12.4. The van der Waals surface area contributed by atoms with E-state index in [-0.39, 0.29) is 10.6 Å². The van der Waals surface area contributed by atoms with Gasteiger partial charge in [-0.15, -0.1) is 0 Å². The molecule has 1 aromatic rings. The quantitative estimate of drug-likeness (QED) is 0.446. The highest BCUT2D eigenvalue weighted by molar-refractivity contribution is 8.76. The fourth-order valence-electron chi connectivity index (χ4n) is 1.25. The van der Waals surface area contributed by atoms with Crippen LogP contribution in [0.25, 0.3) is 0 Å². The van der Waals surface area contributed by atoms with Crippen LogP contribution in [0.5, 0.6) is 0 Å². The van der Waals surface area contributed by atoms with Gasteiger partial charge in [-0.2, -0.15) is 0 Å². The summed E-state index contributed by atoms with van der Waals surface area (Å²) in [6.07, 6.45) is 0.696. The summed E-state index contributed by atoms with van der Waals surface area (Å²) in [6.45, 7) is 3.97. The highest BCUT2D eigenvalue weighted by atomic mass is 33.1. The van der Waals surface area contributed by atoms with Crippen molar-refractivity contribution in [3.8, 4) is 0 Å². The zero-order valence-electron chi connectivity index (χ0n) is 8.73. The molecule has 15 heavy (non-hydrogen) atoms. The SMILES string of the molecule is CCSSc1cccc(CC)c1[N+](=O)[O-].